The van der Waals surface area contributed by atoms with Gasteiger partial charge in [-0.2, -0.15) is 0 Å². The van der Waals surface area contributed by atoms with Gasteiger partial charge in [-0.1, -0.05) is 6.08 Å². The van der Waals surface area contributed by atoms with Gasteiger partial charge in [-0.05, 0) is 80.9 Å². The molecule has 2 nitrogen and oxygen atoms in total. The molecule has 0 amide bonds. The van der Waals surface area contributed by atoms with E-state index in [1.165, 1.54) is 11.6 Å². The number of nitrogens with zero attached hydrogens (tertiary/aromatic N) is 1. The summed E-state index contributed by atoms with van der Waals surface area (Å²) in [5.74, 6) is 1.45. The van der Waals surface area contributed by atoms with Crippen LogP contribution in [0.25, 0.3) is 5.57 Å². The van der Waals surface area contributed by atoms with Gasteiger partial charge < -0.3 is 5.11 Å². The molecule has 2 saturated carbocycles. The summed E-state index contributed by atoms with van der Waals surface area (Å²) in [5, 5.41) is 9.77. The fourth-order valence-corrected chi connectivity index (χ4v) is 4.33. The van der Waals surface area contributed by atoms with E-state index in [0.29, 0.717) is 17.8 Å². The zero-order chi connectivity index (χ0) is 15.0. The van der Waals surface area contributed by atoms with Gasteiger partial charge in [0, 0.05) is 5.56 Å². The van der Waals surface area contributed by atoms with E-state index in [0.717, 1.165) is 36.9 Å². The second kappa shape index (κ2) is 5.72. The van der Waals surface area contributed by atoms with Crippen molar-refractivity contribution in [3.8, 4) is 0 Å². The minimum Gasteiger partial charge on any atom is -0.393 e. The lowest BCUT2D eigenvalue weighted by Gasteiger charge is -2.18. The van der Waals surface area contributed by atoms with Crippen LogP contribution in [0, 0.1) is 23.6 Å². The largest absolute Gasteiger partial charge is 0.393 e. The Balaban J connectivity index is 1.87. The molecule has 112 valence electrons. The first-order chi connectivity index (χ1) is 10.1. The summed E-state index contributed by atoms with van der Waals surface area (Å²) in [7, 11) is 0. The highest BCUT2D eigenvalue weighted by Gasteiger charge is 2.42. The van der Waals surface area contributed by atoms with Crippen molar-refractivity contribution in [1.82, 2.24) is 0 Å². The summed E-state index contributed by atoms with van der Waals surface area (Å²) in [6, 6.07) is 4.70. The van der Waals surface area contributed by atoms with Crippen molar-refractivity contribution in [3.05, 3.63) is 35.7 Å². The van der Waals surface area contributed by atoms with E-state index in [1.807, 2.05) is 6.92 Å². The van der Waals surface area contributed by atoms with E-state index in [9.17, 15) is 9.50 Å². The number of hydrogen-bond donors (Lipinski definition) is 1. The molecule has 0 saturated heterocycles. The highest BCUT2D eigenvalue weighted by molar-refractivity contribution is 5.77. The van der Waals surface area contributed by atoms with Crippen LogP contribution in [-0.2, 0) is 0 Å². The van der Waals surface area contributed by atoms with E-state index >= 15 is 0 Å². The van der Waals surface area contributed by atoms with Crippen molar-refractivity contribution in [3.63, 3.8) is 0 Å². The zero-order valence-corrected chi connectivity index (χ0v) is 12.4. The molecule has 1 aromatic rings. The molecule has 4 atom stereocenters. The van der Waals surface area contributed by atoms with Crippen LogP contribution in [0.2, 0.25) is 0 Å². The molecule has 2 aliphatic carbocycles. The average molecular weight is 287 g/mol. The second-order valence-corrected chi connectivity index (χ2v) is 6.38. The van der Waals surface area contributed by atoms with Crippen LogP contribution in [0.5, 0.6) is 0 Å². The van der Waals surface area contributed by atoms with Gasteiger partial charge in [-0.3, -0.25) is 4.99 Å². The minimum atomic E-state index is -0.231. The van der Waals surface area contributed by atoms with Crippen LogP contribution < -0.4 is 0 Å². The summed E-state index contributed by atoms with van der Waals surface area (Å²) in [5.41, 5.74) is 2.81. The smallest absolute Gasteiger partial charge is 0.123 e. The van der Waals surface area contributed by atoms with E-state index < -0.39 is 0 Å². The van der Waals surface area contributed by atoms with E-state index in [-0.39, 0.29) is 11.9 Å². The van der Waals surface area contributed by atoms with Crippen LogP contribution in [0.3, 0.4) is 0 Å². The molecule has 3 rings (SSSR count). The molecule has 2 fully saturated rings. The minimum absolute atomic E-state index is 0.116. The van der Waals surface area contributed by atoms with Crippen molar-refractivity contribution >= 4 is 18.0 Å². The Morgan fingerprint density at radius 2 is 1.95 bits per heavy atom. The third-order valence-electron chi connectivity index (χ3n) is 5.18. The average Bonchev–Trinajstić information content (AvgIpc) is 2.97. The predicted molar refractivity (Wildman–Crippen MR) is 84.2 cm³/mol. The van der Waals surface area contributed by atoms with Gasteiger partial charge in [0.1, 0.15) is 5.82 Å². The molecule has 1 aromatic carbocycles. The topological polar surface area (TPSA) is 32.6 Å². The standard InChI is InChI=1S/C18H22FNO/c1-3-16(17-10-14(19)4-5-18(17)20-2)13-6-11-8-15(21)9-12(11)7-13/h3-5,10-13,15,21H,2,6-9H2,1H3/b16-3-/t11-,12+,13-,15-. The molecule has 0 unspecified atom stereocenters. The summed E-state index contributed by atoms with van der Waals surface area (Å²) >= 11 is 0. The quantitative estimate of drug-likeness (QED) is 0.823. The Hall–Kier alpha value is -1.48. The number of fused-ring (bicyclic) bond motifs is 1. The number of aliphatic imine (C=N–C) groups is 1. The van der Waals surface area contributed by atoms with Crippen molar-refractivity contribution < 1.29 is 9.50 Å². The van der Waals surface area contributed by atoms with Crippen molar-refractivity contribution in [2.75, 3.05) is 0 Å². The SMILES string of the molecule is C=Nc1ccc(F)cc1/C(=C\C)[C@H]1C[C@H]2C[C@H](O)C[C@H]2C1. The monoisotopic (exact) mass is 287 g/mol. The van der Waals surface area contributed by atoms with Crippen molar-refractivity contribution in [2.24, 2.45) is 22.7 Å². The van der Waals surface area contributed by atoms with E-state index in [2.05, 4.69) is 17.8 Å². The molecule has 0 heterocycles. The Morgan fingerprint density at radius 1 is 1.29 bits per heavy atom. The lowest BCUT2D eigenvalue weighted by molar-refractivity contribution is 0.170. The molecule has 3 heteroatoms. The number of hydrogen-bond acceptors (Lipinski definition) is 2. The fraction of sp³-hybridized carbons (Fsp3) is 0.500. The van der Waals surface area contributed by atoms with Gasteiger partial charge >= 0.3 is 0 Å². The first-order valence-electron chi connectivity index (χ1n) is 7.73. The summed E-state index contributed by atoms with van der Waals surface area (Å²) < 4.78 is 13.6. The molecule has 0 aromatic heterocycles. The van der Waals surface area contributed by atoms with Gasteiger partial charge in [-0.15, -0.1) is 0 Å². The first-order valence-corrected chi connectivity index (χ1v) is 7.73. The number of allylic oxidation sites excluding steroid dienone is 2. The maximum atomic E-state index is 13.6. The maximum Gasteiger partial charge on any atom is 0.123 e. The Morgan fingerprint density at radius 3 is 2.52 bits per heavy atom. The Labute approximate surface area is 125 Å². The molecule has 0 aliphatic heterocycles. The predicted octanol–water partition coefficient (Wildman–Crippen LogP) is 4.36. The normalized spacial score (nSPS) is 32.2. The van der Waals surface area contributed by atoms with Gasteiger partial charge in [0.15, 0.2) is 0 Å². The lowest BCUT2D eigenvalue weighted by Crippen LogP contribution is -2.06. The summed E-state index contributed by atoms with van der Waals surface area (Å²) in [4.78, 5) is 4.04. The van der Waals surface area contributed by atoms with Gasteiger partial charge in [0.05, 0.1) is 11.8 Å². The Bertz CT molecular complexity index is 567. The highest BCUT2D eigenvalue weighted by atomic mass is 19.1. The van der Waals surface area contributed by atoms with Crippen LogP contribution in [0.4, 0.5) is 10.1 Å². The van der Waals surface area contributed by atoms with Crippen LogP contribution in [0.15, 0.2) is 29.3 Å². The molecule has 1 N–H and O–H groups in total. The molecular formula is C18H22FNO. The lowest BCUT2D eigenvalue weighted by atomic mass is 9.88. The van der Waals surface area contributed by atoms with Gasteiger partial charge in [-0.25, -0.2) is 4.39 Å². The Kier molecular flexibility index (Phi) is 3.94. The van der Waals surface area contributed by atoms with Crippen LogP contribution in [0.1, 0.15) is 38.2 Å². The summed E-state index contributed by atoms with van der Waals surface area (Å²) in [6.45, 7) is 5.61. The van der Waals surface area contributed by atoms with Crippen molar-refractivity contribution in [1.29, 1.82) is 0 Å². The number of aliphatic hydroxyl groups excluding tert-OH is 1. The molecular weight excluding hydrogens is 265 g/mol. The maximum absolute atomic E-state index is 13.6. The van der Waals surface area contributed by atoms with Crippen LogP contribution >= 0.6 is 0 Å². The van der Waals surface area contributed by atoms with Crippen molar-refractivity contribution in [2.45, 2.75) is 38.7 Å². The molecule has 21 heavy (non-hydrogen) atoms. The highest BCUT2D eigenvalue weighted by Crippen LogP contribution is 2.51. The fourth-order valence-electron chi connectivity index (χ4n) is 4.33. The van der Waals surface area contributed by atoms with Gasteiger partial charge in [0.2, 0.25) is 0 Å². The number of aliphatic hydroxyl groups is 1. The number of rotatable bonds is 3. The second-order valence-electron chi connectivity index (χ2n) is 6.38. The van der Waals surface area contributed by atoms with E-state index in [4.69, 9.17) is 0 Å². The number of halogens is 1. The third-order valence-corrected chi connectivity index (χ3v) is 5.18. The number of benzene rings is 1. The summed E-state index contributed by atoms with van der Waals surface area (Å²) in [6.07, 6.45) is 6.01. The molecule has 2 aliphatic rings. The zero-order valence-electron chi connectivity index (χ0n) is 12.4. The molecule has 0 radical (unpaired) electrons. The van der Waals surface area contributed by atoms with Crippen LogP contribution in [-0.4, -0.2) is 17.9 Å². The van der Waals surface area contributed by atoms with E-state index in [1.54, 1.807) is 12.1 Å². The molecule has 0 bridgehead atoms. The molecule has 0 spiro atoms. The third kappa shape index (κ3) is 2.67. The first kappa shape index (κ1) is 14.5. The van der Waals surface area contributed by atoms with Gasteiger partial charge in [0.25, 0.3) is 0 Å².